The van der Waals surface area contributed by atoms with Crippen molar-refractivity contribution in [1.29, 1.82) is 0 Å². The Hall–Kier alpha value is -1.20. The summed E-state index contributed by atoms with van der Waals surface area (Å²) >= 11 is 1.68. The van der Waals surface area contributed by atoms with Crippen molar-refractivity contribution in [3.05, 3.63) is 24.3 Å². The van der Waals surface area contributed by atoms with E-state index >= 15 is 0 Å². The standard InChI is InChI=1S/C15H24N2O2S/c1-4-20-14(11(2)3)15(18)17-12-5-7-13(8-6-12)19-10-9-16/h5-8,11,14H,4,9-10,16H2,1-3H3,(H,17,18). The van der Waals surface area contributed by atoms with Gasteiger partial charge in [-0.1, -0.05) is 20.8 Å². The van der Waals surface area contributed by atoms with Crippen LogP contribution < -0.4 is 15.8 Å². The molecule has 1 amide bonds. The van der Waals surface area contributed by atoms with Crippen LogP contribution in [0.3, 0.4) is 0 Å². The van der Waals surface area contributed by atoms with Crippen LogP contribution in [0.25, 0.3) is 0 Å². The molecule has 0 saturated heterocycles. The molecule has 1 aromatic rings. The fraction of sp³-hybridized carbons (Fsp3) is 0.533. The van der Waals surface area contributed by atoms with Gasteiger partial charge < -0.3 is 15.8 Å². The quantitative estimate of drug-likeness (QED) is 0.774. The SMILES string of the molecule is CCSC(C(=O)Nc1ccc(OCCN)cc1)C(C)C. The molecule has 5 heteroatoms. The van der Waals surface area contributed by atoms with Crippen molar-refractivity contribution in [2.24, 2.45) is 11.7 Å². The maximum Gasteiger partial charge on any atom is 0.237 e. The molecule has 0 heterocycles. The Balaban J connectivity index is 2.60. The van der Waals surface area contributed by atoms with Crippen LogP contribution >= 0.6 is 11.8 Å². The normalized spacial score (nSPS) is 12.2. The van der Waals surface area contributed by atoms with E-state index in [1.165, 1.54) is 0 Å². The van der Waals surface area contributed by atoms with E-state index in [0.717, 1.165) is 17.2 Å². The van der Waals surface area contributed by atoms with Gasteiger partial charge in [-0.25, -0.2) is 0 Å². The molecule has 0 aliphatic carbocycles. The Morgan fingerprint density at radius 2 is 2.00 bits per heavy atom. The number of thioether (sulfide) groups is 1. The Morgan fingerprint density at radius 3 is 2.50 bits per heavy atom. The average Bonchev–Trinajstić information content (AvgIpc) is 2.43. The summed E-state index contributed by atoms with van der Waals surface area (Å²) in [4.78, 5) is 12.2. The van der Waals surface area contributed by atoms with Crippen molar-refractivity contribution in [2.75, 3.05) is 24.2 Å². The minimum atomic E-state index is -0.0202. The van der Waals surface area contributed by atoms with E-state index in [0.29, 0.717) is 19.1 Å². The molecular weight excluding hydrogens is 272 g/mol. The van der Waals surface area contributed by atoms with Crippen molar-refractivity contribution in [3.63, 3.8) is 0 Å². The first-order valence-electron chi connectivity index (χ1n) is 6.93. The molecule has 0 fully saturated rings. The molecule has 0 bridgehead atoms. The van der Waals surface area contributed by atoms with E-state index in [1.807, 2.05) is 24.3 Å². The highest BCUT2D eigenvalue weighted by Crippen LogP contribution is 2.22. The number of benzene rings is 1. The number of carbonyl (C=O) groups excluding carboxylic acids is 1. The van der Waals surface area contributed by atoms with Gasteiger partial charge in [-0.3, -0.25) is 4.79 Å². The number of rotatable bonds is 8. The van der Waals surface area contributed by atoms with Gasteiger partial charge in [0.05, 0.1) is 5.25 Å². The predicted molar refractivity (Wildman–Crippen MR) is 86.4 cm³/mol. The number of amides is 1. The lowest BCUT2D eigenvalue weighted by molar-refractivity contribution is -0.116. The molecule has 0 spiro atoms. The molecule has 1 unspecified atom stereocenters. The predicted octanol–water partition coefficient (Wildman–Crippen LogP) is 2.74. The number of nitrogens with two attached hydrogens (primary N) is 1. The molecule has 1 aromatic carbocycles. The lowest BCUT2D eigenvalue weighted by Gasteiger charge is -2.19. The van der Waals surface area contributed by atoms with Crippen LogP contribution in [-0.4, -0.2) is 30.1 Å². The topological polar surface area (TPSA) is 64.3 Å². The second-order valence-electron chi connectivity index (χ2n) is 4.77. The van der Waals surface area contributed by atoms with Crippen LogP contribution in [0.15, 0.2) is 24.3 Å². The molecule has 20 heavy (non-hydrogen) atoms. The highest BCUT2D eigenvalue weighted by molar-refractivity contribution is 8.00. The van der Waals surface area contributed by atoms with Crippen LogP contribution in [-0.2, 0) is 4.79 Å². The molecule has 1 rings (SSSR count). The van der Waals surface area contributed by atoms with Crippen LogP contribution in [0.4, 0.5) is 5.69 Å². The second kappa shape index (κ2) is 8.87. The van der Waals surface area contributed by atoms with Crippen molar-refractivity contribution in [2.45, 2.75) is 26.0 Å². The van der Waals surface area contributed by atoms with Crippen LogP contribution in [0.1, 0.15) is 20.8 Å². The molecule has 0 radical (unpaired) electrons. The Labute approximate surface area is 125 Å². The third-order valence-electron chi connectivity index (χ3n) is 2.72. The van der Waals surface area contributed by atoms with Gasteiger partial charge in [0.1, 0.15) is 12.4 Å². The summed E-state index contributed by atoms with van der Waals surface area (Å²) in [6.45, 7) is 7.18. The van der Waals surface area contributed by atoms with Crippen LogP contribution in [0, 0.1) is 5.92 Å². The Bertz CT molecular complexity index is 407. The van der Waals surface area contributed by atoms with Gasteiger partial charge >= 0.3 is 0 Å². The number of anilines is 1. The summed E-state index contributed by atoms with van der Waals surface area (Å²) in [5.41, 5.74) is 6.17. The highest BCUT2D eigenvalue weighted by Gasteiger charge is 2.21. The number of nitrogens with one attached hydrogen (secondary N) is 1. The lowest BCUT2D eigenvalue weighted by Crippen LogP contribution is -2.29. The van der Waals surface area contributed by atoms with E-state index in [1.54, 1.807) is 11.8 Å². The Kier molecular flexibility index (Phi) is 7.47. The summed E-state index contributed by atoms with van der Waals surface area (Å²) in [5.74, 6) is 2.06. The summed E-state index contributed by atoms with van der Waals surface area (Å²) in [7, 11) is 0. The van der Waals surface area contributed by atoms with Crippen molar-refractivity contribution >= 4 is 23.4 Å². The van der Waals surface area contributed by atoms with E-state index in [4.69, 9.17) is 10.5 Å². The smallest absolute Gasteiger partial charge is 0.237 e. The number of hydrogen-bond acceptors (Lipinski definition) is 4. The molecule has 0 aromatic heterocycles. The van der Waals surface area contributed by atoms with Gasteiger partial charge in [-0.05, 0) is 35.9 Å². The lowest BCUT2D eigenvalue weighted by atomic mass is 10.1. The van der Waals surface area contributed by atoms with Crippen molar-refractivity contribution < 1.29 is 9.53 Å². The third-order valence-corrected chi connectivity index (χ3v) is 4.17. The number of hydrogen-bond donors (Lipinski definition) is 2. The van der Waals surface area contributed by atoms with Gasteiger partial charge in [-0.2, -0.15) is 0 Å². The van der Waals surface area contributed by atoms with Gasteiger partial charge in [0, 0.05) is 12.2 Å². The highest BCUT2D eigenvalue weighted by atomic mass is 32.2. The summed E-state index contributed by atoms with van der Waals surface area (Å²) in [6, 6.07) is 7.36. The first kappa shape index (κ1) is 16.9. The number of ether oxygens (including phenoxy) is 1. The molecular formula is C15H24N2O2S. The first-order valence-corrected chi connectivity index (χ1v) is 7.98. The van der Waals surface area contributed by atoms with Gasteiger partial charge in [-0.15, -0.1) is 11.8 Å². The van der Waals surface area contributed by atoms with Crippen molar-refractivity contribution in [1.82, 2.24) is 0 Å². The van der Waals surface area contributed by atoms with Gasteiger partial charge in [0.25, 0.3) is 0 Å². The molecule has 1 atom stereocenters. The fourth-order valence-corrected chi connectivity index (χ4v) is 2.73. The minimum Gasteiger partial charge on any atom is -0.492 e. The largest absolute Gasteiger partial charge is 0.492 e. The maximum absolute atomic E-state index is 12.2. The average molecular weight is 296 g/mol. The maximum atomic E-state index is 12.2. The molecule has 4 nitrogen and oxygen atoms in total. The zero-order valence-corrected chi connectivity index (χ0v) is 13.2. The Morgan fingerprint density at radius 1 is 1.35 bits per heavy atom. The van der Waals surface area contributed by atoms with Gasteiger partial charge in [0.15, 0.2) is 0 Å². The fourth-order valence-electron chi connectivity index (χ4n) is 1.78. The monoisotopic (exact) mass is 296 g/mol. The summed E-state index contributed by atoms with van der Waals surface area (Å²) in [5, 5.41) is 2.93. The van der Waals surface area contributed by atoms with Crippen LogP contribution in [0.2, 0.25) is 0 Å². The van der Waals surface area contributed by atoms with E-state index in [-0.39, 0.29) is 11.2 Å². The summed E-state index contributed by atoms with van der Waals surface area (Å²) < 4.78 is 5.40. The number of carbonyl (C=O) groups is 1. The van der Waals surface area contributed by atoms with E-state index < -0.39 is 0 Å². The van der Waals surface area contributed by atoms with E-state index in [2.05, 4.69) is 26.1 Å². The molecule has 0 saturated carbocycles. The van der Waals surface area contributed by atoms with Gasteiger partial charge in [0.2, 0.25) is 5.91 Å². The molecule has 0 aliphatic heterocycles. The molecule has 3 N–H and O–H groups in total. The molecule has 0 aliphatic rings. The minimum absolute atomic E-state index is 0.0202. The zero-order valence-electron chi connectivity index (χ0n) is 12.4. The second-order valence-corrected chi connectivity index (χ2v) is 6.19. The van der Waals surface area contributed by atoms with Crippen LogP contribution in [0.5, 0.6) is 5.75 Å². The van der Waals surface area contributed by atoms with E-state index in [9.17, 15) is 4.79 Å². The first-order chi connectivity index (χ1) is 9.58. The summed E-state index contributed by atoms with van der Waals surface area (Å²) in [6.07, 6.45) is 0. The van der Waals surface area contributed by atoms with Crippen molar-refractivity contribution in [3.8, 4) is 5.75 Å². The third kappa shape index (κ3) is 5.43. The zero-order chi connectivity index (χ0) is 15.0. The molecule has 112 valence electrons.